The summed E-state index contributed by atoms with van der Waals surface area (Å²) in [4.78, 5) is 4.80. The molecular weight excluding hydrogens is 471 g/mol. The van der Waals surface area contributed by atoms with E-state index in [1.807, 2.05) is 18.7 Å². The predicted molar refractivity (Wildman–Crippen MR) is 119 cm³/mol. The second kappa shape index (κ2) is 13.7. The highest BCUT2D eigenvalue weighted by atomic mass is 127. The standard InChI is InChI=1S/C16H28N4O2S2.HI/c1-4-18-16(19-11-5-6-12-23-3)20-13-14-7-9-15(10-8-14)24(21,22)17-2;/h7-10,17H,4-6,11-13H2,1-3H3,(H2,18,19,20);1H. The summed E-state index contributed by atoms with van der Waals surface area (Å²) < 4.78 is 25.7. The van der Waals surface area contributed by atoms with Gasteiger partial charge in [-0.2, -0.15) is 11.8 Å². The summed E-state index contributed by atoms with van der Waals surface area (Å²) in [5.41, 5.74) is 0.963. The molecule has 1 aromatic rings. The van der Waals surface area contributed by atoms with Gasteiger partial charge < -0.3 is 10.6 Å². The maximum Gasteiger partial charge on any atom is 0.240 e. The molecule has 0 spiro atoms. The Kier molecular flexibility index (Phi) is 13.4. The molecule has 0 unspecified atom stereocenters. The molecule has 3 N–H and O–H groups in total. The highest BCUT2D eigenvalue weighted by Gasteiger charge is 2.10. The molecule has 25 heavy (non-hydrogen) atoms. The Morgan fingerprint density at radius 3 is 2.40 bits per heavy atom. The summed E-state index contributed by atoms with van der Waals surface area (Å²) in [5.74, 6) is 1.96. The van der Waals surface area contributed by atoms with Crippen molar-refractivity contribution in [1.82, 2.24) is 15.4 Å². The maximum absolute atomic E-state index is 11.7. The van der Waals surface area contributed by atoms with Crippen LogP contribution in [-0.4, -0.2) is 46.5 Å². The lowest BCUT2D eigenvalue weighted by Gasteiger charge is -2.11. The fourth-order valence-electron chi connectivity index (χ4n) is 1.98. The van der Waals surface area contributed by atoms with Crippen molar-refractivity contribution < 1.29 is 8.42 Å². The Hall–Kier alpha value is -0.520. The average Bonchev–Trinajstić information content (AvgIpc) is 2.59. The molecule has 0 amide bonds. The minimum absolute atomic E-state index is 0. The van der Waals surface area contributed by atoms with E-state index in [9.17, 15) is 8.42 Å². The minimum atomic E-state index is -3.39. The first-order valence-corrected chi connectivity index (χ1v) is 10.9. The van der Waals surface area contributed by atoms with Gasteiger partial charge in [0.05, 0.1) is 11.4 Å². The molecule has 1 rings (SSSR count). The van der Waals surface area contributed by atoms with Crippen LogP contribution < -0.4 is 15.4 Å². The molecule has 0 saturated heterocycles. The zero-order valence-corrected chi connectivity index (χ0v) is 19.0. The van der Waals surface area contributed by atoms with Crippen LogP contribution in [0.2, 0.25) is 0 Å². The van der Waals surface area contributed by atoms with E-state index in [1.165, 1.54) is 19.2 Å². The second-order valence-electron chi connectivity index (χ2n) is 5.17. The van der Waals surface area contributed by atoms with Crippen molar-refractivity contribution in [2.75, 3.05) is 32.1 Å². The second-order valence-corrected chi connectivity index (χ2v) is 8.05. The van der Waals surface area contributed by atoms with Gasteiger partial charge in [-0.15, -0.1) is 24.0 Å². The van der Waals surface area contributed by atoms with Crippen LogP contribution in [0.4, 0.5) is 0 Å². The molecule has 0 aliphatic heterocycles. The molecule has 6 nitrogen and oxygen atoms in total. The zero-order chi connectivity index (χ0) is 17.8. The molecular formula is C16H29IN4O2S2. The smallest absolute Gasteiger partial charge is 0.240 e. The number of nitrogens with zero attached hydrogens (tertiary/aromatic N) is 1. The van der Waals surface area contributed by atoms with Gasteiger partial charge in [-0.1, -0.05) is 12.1 Å². The number of unbranched alkanes of at least 4 members (excludes halogenated alkanes) is 1. The topological polar surface area (TPSA) is 82.6 Å². The third-order valence-electron chi connectivity index (χ3n) is 3.33. The van der Waals surface area contributed by atoms with Crippen molar-refractivity contribution in [2.45, 2.75) is 31.2 Å². The number of guanidine groups is 1. The minimum Gasteiger partial charge on any atom is -0.357 e. The van der Waals surface area contributed by atoms with Gasteiger partial charge in [0.25, 0.3) is 0 Å². The van der Waals surface area contributed by atoms with Crippen LogP contribution in [0.3, 0.4) is 0 Å². The highest BCUT2D eigenvalue weighted by Crippen LogP contribution is 2.10. The Bertz CT molecular complexity index is 607. The van der Waals surface area contributed by atoms with Gasteiger partial charge in [0.15, 0.2) is 5.96 Å². The Morgan fingerprint density at radius 2 is 1.84 bits per heavy atom. The number of hydrogen-bond donors (Lipinski definition) is 3. The first-order valence-electron chi connectivity index (χ1n) is 8.07. The number of nitrogens with one attached hydrogen (secondary N) is 3. The summed E-state index contributed by atoms with van der Waals surface area (Å²) >= 11 is 1.86. The van der Waals surface area contributed by atoms with Gasteiger partial charge in [0.1, 0.15) is 0 Å². The van der Waals surface area contributed by atoms with Gasteiger partial charge in [0.2, 0.25) is 10.0 Å². The Balaban J connectivity index is 0.00000576. The van der Waals surface area contributed by atoms with E-state index >= 15 is 0 Å². The van der Waals surface area contributed by atoms with Gasteiger partial charge in [0, 0.05) is 13.1 Å². The lowest BCUT2D eigenvalue weighted by molar-refractivity contribution is 0.588. The van der Waals surface area contributed by atoms with Crippen LogP contribution in [0.5, 0.6) is 0 Å². The first-order chi connectivity index (χ1) is 11.5. The van der Waals surface area contributed by atoms with Crippen LogP contribution in [0, 0.1) is 0 Å². The third-order valence-corrected chi connectivity index (χ3v) is 5.46. The van der Waals surface area contributed by atoms with Crippen LogP contribution >= 0.6 is 35.7 Å². The van der Waals surface area contributed by atoms with Crippen molar-refractivity contribution in [3.63, 3.8) is 0 Å². The van der Waals surface area contributed by atoms with Crippen molar-refractivity contribution in [1.29, 1.82) is 0 Å². The fraction of sp³-hybridized carbons (Fsp3) is 0.562. The summed E-state index contributed by atoms with van der Waals surface area (Å²) in [6.07, 6.45) is 4.42. The van der Waals surface area contributed by atoms with Gasteiger partial charge in [-0.3, -0.25) is 0 Å². The van der Waals surface area contributed by atoms with Crippen LogP contribution in [0.25, 0.3) is 0 Å². The number of halogens is 1. The van der Waals surface area contributed by atoms with Crippen LogP contribution in [-0.2, 0) is 16.6 Å². The Labute approximate surface area is 173 Å². The molecule has 0 fully saturated rings. The first kappa shape index (κ1) is 24.5. The van der Waals surface area contributed by atoms with E-state index in [4.69, 9.17) is 0 Å². The number of aliphatic imine (C=N–C) groups is 1. The Morgan fingerprint density at radius 1 is 1.16 bits per heavy atom. The normalized spacial score (nSPS) is 11.7. The van der Waals surface area contributed by atoms with Crippen LogP contribution in [0.15, 0.2) is 34.2 Å². The summed E-state index contributed by atoms with van der Waals surface area (Å²) in [6, 6.07) is 6.77. The number of rotatable bonds is 10. The number of hydrogen-bond acceptors (Lipinski definition) is 4. The van der Waals surface area contributed by atoms with E-state index in [2.05, 4.69) is 26.6 Å². The molecule has 0 aromatic heterocycles. The van der Waals surface area contributed by atoms with E-state index in [1.54, 1.807) is 24.3 Å². The quantitative estimate of drug-likeness (QED) is 0.199. The lowest BCUT2D eigenvalue weighted by Crippen LogP contribution is -2.37. The predicted octanol–water partition coefficient (Wildman–Crippen LogP) is 2.41. The van der Waals surface area contributed by atoms with Gasteiger partial charge >= 0.3 is 0 Å². The SMILES string of the molecule is CCNC(=NCc1ccc(S(=O)(=O)NC)cc1)NCCCCSC.I. The summed E-state index contributed by atoms with van der Waals surface area (Å²) in [7, 11) is -1.98. The molecule has 0 atom stereocenters. The lowest BCUT2D eigenvalue weighted by atomic mass is 10.2. The van der Waals surface area contributed by atoms with Crippen molar-refractivity contribution in [3.05, 3.63) is 29.8 Å². The van der Waals surface area contributed by atoms with Crippen LogP contribution in [0.1, 0.15) is 25.3 Å². The van der Waals surface area contributed by atoms with Gasteiger partial charge in [-0.25, -0.2) is 18.1 Å². The molecule has 0 heterocycles. The highest BCUT2D eigenvalue weighted by molar-refractivity contribution is 14.0. The molecule has 0 saturated carbocycles. The van der Waals surface area contributed by atoms with Crippen molar-refractivity contribution in [3.8, 4) is 0 Å². The summed E-state index contributed by atoms with van der Waals surface area (Å²) in [6.45, 7) is 4.23. The molecule has 144 valence electrons. The number of thioether (sulfide) groups is 1. The van der Waals surface area contributed by atoms with E-state index in [0.29, 0.717) is 6.54 Å². The maximum atomic E-state index is 11.7. The van der Waals surface area contributed by atoms with Gasteiger partial charge in [-0.05, 0) is 56.5 Å². The van der Waals surface area contributed by atoms with E-state index < -0.39 is 10.0 Å². The van der Waals surface area contributed by atoms with Crippen molar-refractivity contribution >= 4 is 51.7 Å². The van der Waals surface area contributed by atoms with E-state index in [0.717, 1.165) is 31.0 Å². The average molecular weight is 500 g/mol. The molecule has 0 aliphatic rings. The third kappa shape index (κ3) is 9.66. The largest absolute Gasteiger partial charge is 0.357 e. The van der Waals surface area contributed by atoms with E-state index in [-0.39, 0.29) is 28.9 Å². The molecule has 0 radical (unpaired) electrons. The molecule has 9 heteroatoms. The fourth-order valence-corrected chi connectivity index (χ4v) is 3.21. The number of sulfonamides is 1. The monoisotopic (exact) mass is 500 g/mol. The van der Waals surface area contributed by atoms with Crippen molar-refractivity contribution in [2.24, 2.45) is 4.99 Å². The molecule has 1 aromatic carbocycles. The zero-order valence-electron chi connectivity index (χ0n) is 15.0. The molecule has 0 bridgehead atoms. The number of benzene rings is 1. The summed E-state index contributed by atoms with van der Waals surface area (Å²) in [5, 5.41) is 6.53. The molecule has 0 aliphatic carbocycles.